The molecule has 0 saturated heterocycles. The summed E-state index contributed by atoms with van der Waals surface area (Å²) >= 11 is 0. The standard InChI is InChI=1S/C37H30N6O7S/c1-21-16-24-18-28(12-14-30(24)35(45)33(21)42-40-26-6-4-3-5-7-26)38-37(47)39-29-13-15-31-25(19-29)20-32(51(48,49)50)34(36(31)46)43-41-27-10-8-23(9-11-27)17-22(2)44/h3-16,18-20,45-46H,17H2,1-2H3,(H2,38,39,47)(H,48,49,50). The van der Waals surface area contributed by atoms with E-state index in [0.29, 0.717) is 39.1 Å². The molecule has 0 heterocycles. The molecule has 0 fully saturated rings. The van der Waals surface area contributed by atoms with Crippen molar-refractivity contribution in [1.82, 2.24) is 0 Å². The molecule has 0 bridgehead atoms. The van der Waals surface area contributed by atoms with Crippen LogP contribution in [0.2, 0.25) is 0 Å². The number of ketones is 1. The van der Waals surface area contributed by atoms with Crippen molar-refractivity contribution in [2.75, 3.05) is 10.6 Å². The lowest BCUT2D eigenvalue weighted by molar-refractivity contribution is -0.116. The van der Waals surface area contributed by atoms with Gasteiger partial charge < -0.3 is 20.8 Å². The molecule has 13 nitrogen and oxygen atoms in total. The molecule has 5 N–H and O–H groups in total. The zero-order valence-electron chi connectivity index (χ0n) is 27.2. The molecule has 14 heteroatoms. The molecular formula is C37H30N6O7S. The SMILES string of the molecule is CC(=O)Cc1ccc(N=Nc2c(S(=O)(=O)O)cc3cc(NC(=O)Nc4ccc5c(O)c(N=Nc6ccccc6)c(C)cc5c4)ccc3c2O)cc1. The van der Waals surface area contributed by atoms with Crippen LogP contribution in [0.5, 0.6) is 11.5 Å². The molecule has 6 rings (SSSR count). The fraction of sp³-hybridized carbons (Fsp3) is 0.0811. The highest BCUT2D eigenvalue weighted by atomic mass is 32.2. The van der Waals surface area contributed by atoms with Crippen LogP contribution in [0.25, 0.3) is 21.5 Å². The second-order valence-electron chi connectivity index (χ2n) is 11.7. The van der Waals surface area contributed by atoms with Crippen molar-refractivity contribution in [3.63, 3.8) is 0 Å². The summed E-state index contributed by atoms with van der Waals surface area (Å²) in [7, 11) is -4.87. The number of anilines is 2. The van der Waals surface area contributed by atoms with Crippen LogP contribution >= 0.6 is 0 Å². The van der Waals surface area contributed by atoms with E-state index < -0.39 is 32.5 Å². The molecule has 0 aromatic heterocycles. The van der Waals surface area contributed by atoms with Gasteiger partial charge in [0.1, 0.15) is 22.1 Å². The van der Waals surface area contributed by atoms with Gasteiger partial charge in [-0.15, -0.1) is 10.2 Å². The number of phenolic OH excluding ortho intramolecular Hbond substituents is 2. The number of nitrogens with one attached hydrogen (secondary N) is 2. The molecule has 0 atom stereocenters. The summed E-state index contributed by atoms with van der Waals surface area (Å²) in [4.78, 5) is 23.6. The van der Waals surface area contributed by atoms with Crippen molar-refractivity contribution in [3.05, 3.63) is 114 Å². The van der Waals surface area contributed by atoms with Gasteiger partial charge in [0.05, 0.1) is 11.4 Å². The number of hydrogen-bond donors (Lipinski definition) is 5. The van der Waals surface area contributed by atoms with Gasteiger partial charge in [-0.3, -0.25) is 9.35 Å². The summed E-state index contributed by atoms with van der Waals surface area (Å²) in [5, 5.41) is 45.2. The first-order valence-corrected chi connectivity index (χ1v) is 16.9. The van der Waals surface area contributed by atoms with Gasteiger partial charge in [-0.25, -0.2) is 4.79 Å². The Morgan fingerprint density at radius 2 is 1.20 bits per heavy atom. The van der Waals surface area contributed by atoms with Gasteiger partial charge in [-0.05, 0) is 109 Å². The maximum Gasteiger partial charge on any atom is 0.323 e. The van der Waals surface area contributed by atoms with Gasteiger partial charge in [0.2, 0.25) is 0 Å². The number of phenols is 2. The van der Waals surface area contributed by atoms with Crippen LogP contribution in [0, 0.1) is 6.92 Å². The van der Waals surface area contributed by atoms with Crippen molar-refractivity contribution < 1.29 is 32.8 Å². The number of aromatic hydroxyl groups is 2. The topological polar surface area (TPSA) is 202 Å². The molecule has 0 aliphatic heterocycles. The third-order valence-corrected chi connectivity index (χ3v) is 8.66. The van der Waals surface area contributed by atoms with Crippen LogP contribution in [0.3, 0.4) is 0 Å². The Morgan fingerprint density at radius 3 is 1.76 bits per heavy atom. The molecule has 0 unspecified atom stereocenters. The van der Waals surface area contributed by atoms with Gasteiger partial charge in [0, 0.05) is 28.6 Å². The van der Waals surface area contributed by atoms with Crippen LogP contribution in [0.15, 0.2) is 128 Å². The number of aryl methyl sites for hydroxylation is 1. The Kier molecular flexibility index (Phi) is 9.53. The molecule has 0 spiro atoms. The molecule has 0 aliphatic carbocycles. The van der Waals surface area contributed by atoms with E-state index in [1.807, 2.05) is 24.3 Å². The lowest BCUT2D eigenvalue weighted by Crippen LogP contribution is -2.19. The van der Waals surface area contributed by atoms with Crippen molar-refractivity contribution >= 4 is 77.6 Å². The summed E-state index contributed by atoms with van der Waals surface area (Å²) in [6.07, 6.45) is 0.244. The second kappa shape index (κ2) is 14.2. The molecule has 2 amide bonds. The number of azo groups is 2. The van der Waals surface area contributed by atoms with Crippen LogP contribution in [-0.4, -0.2) is 35.0 Å². The van der Waals surface area contributed by atoms with Gasteiger partial charge >= 0.3 is 6.03 Å². The highest BCUT2D eigenvalue weighted by molar-refractivity contribution is 7.86. The molecule has 51 heavy (non-hydrogen) atoms. The van der Waals surface area contributed by atoms with E-state index in [2.05, 4.69) is 31.1 Å². The Hall–Kier alpha value is -6.51. The van der Waals surface area contributed by atoms with Crippen molar-refractivity contribution in [2.45, 2.75) is 25.2 Å². The average molecular weight is 703 g/mol. The predicted octanol–water partition coefficient (Wildman–Crippen LogP) is 9.57. The zero-order valence-corrected chi connectivity index (χ0v) is 28.0. The minimum Gasteiger partial charge on any atom is -0.505 e. The van der Waals surface area contributed by atoms with Crippen molar-refractivity contribution in [3.8, 4) is 11.5 Å². The van der Waals surface area contributed by atoms with E-state index in [9.17, 15) is 32.8 Å². The summed E-state index contributed by atoms with van der Waals surface area (Å²) in [6, 6.07) is 27.3. The van der Waals surface area contributed by atoms with Crippen LogP contribution in [0.4, 0.5) is 38.9 Å². The van der Waals surface area contributed by atoms with Crippen molar-refractivity contribution in [2.24, 2.45) is 20.5 Å². The number of Topliss-reactive ketones (excluding diaryl/α,β-unsaturated/α-hetero) is 1. The normalized spacial score (nSPS) is 11.8. The summed E-state index contributed by atoms with van der Waals surface area (Å²) in [5.41, 5.74) is 2.93. The number of rotatable bonds is 9. The van der Waals surface area contributed by atoms with Gasteiger partial charge in [0.25, 0.3) is 10.1 Å². The van der Waals surface area contributed by atoms with Crippen LogP contribution in [-0.2, 0) is 21.3 Å². The summed E-state index contributed by atoms with van der Waals surface area (Å²) in [6.45, 7) is 3.26. The van der Waals surface area contributed by atoms with E-state index >= 15 is 0 Å². The monoisotopic (exact) mass is 702 g/mol. The maximum atomic E-state index is 13.0. The second-order valence-corrected chi connectivity index (χ2v) is 13.1. The fourth-order valence-electron chi connectivity index (χ4n) is 5.41. The quantitative estimate of drug-likeness (QED) is 0.0728. The smallest absolute Gasteiger partial charge is 0.323 e. The number of fused-ring (bicyclic) bond motifs is 2. The number of urea groups is 1. The fourth-order valence-corrected chi connectivity index (χ4v) is 6.07. The first-order chi connectivity index (χ1) is 24.4. The van der Waals surface area contributed by atoms with Crippen LogP contribution < -0.4 is 10.6 Å². The minimum absolute atomic E-state index is 0.0114. The molecule has 0 saturated carbocycles. The van der Waals surface area contributed by atoms with E-state index in [1.165, 1.54) is 25.1 Å². The summed E-state index contributed by atoms with van der Waals surface area (Å²) in [5.74, 6) is -0.607. The van der Waals surface area contributed by atoms with E-state index in [0.717, 1.165) is 11.6 Å². The Morgan fingerprint density at radius 1 is 0.667 bits per heavy atom. The summed E-state index contributed by atoms with van der Waals surface area (Å²) < 4.78 is 34.6. The van der Waals surface area contributed by atoms with Gasteiger partial charge in [0.15, 0.2) is 11.5 Å². The number of hydrogen-bond acceptors (Lipinski definition) is 10. The van der Waals surface area contributed by atoms with Gasteiger partial charge in [-0.2, -0.15) is 18.6 Å². The third kappa shape index (κ3) is 7.88. The molecule has 0 radical (unpaired) electrons. The third-order valence-electron chi connectivity index (χ3n) is 7.80. The average Bonchev–Trinajstić information content (AvgIpc) is 3.08. The molecular weight excluding hydrogens is 673 g/mol. The Labute approximate surface area is 291 Å². The molecule has 256 valence electrons. The molecule has 6 aromatic rings. The number of nitrogens with zero attached hydrogens (tertiary/aromatic N) is 4. The van der Waals surface area contributed by atoms with Gasteiger partial charge in [-0.1, -0.05) is 30.3 Å². The van der Waals surface area contributed by atoms with E-state index in [-0.39, 0.29) is 34.4 Å². The Bertz CT molecular complexity index is 2500. The largest absolute Gasteiger partial charge is 0.505 e. The zero-order chi connectivity index (χ0) is 36.3. The maximum absolute atomic E-state index is 13.0. The Balaban J connectivity index is 1.22. The van der Waals surface area contributed by atoms with Crippen LogP contribution in [0.1, 0.15) is 18.1 Å². The highest BCUT2D eigenvalue weighted by Gasteiger charge is 2.22. The number of benzene rings is 6. The lowest BCUT2D eigenvalue weighted by atomic mass is 10.0. The lowest BCUT2D eigenvalue weighted by Gasteiger charge is -2.12. The van der Waals surface area contributed by atoms with E-state index in [4.69, 9.17) is 0 Å². The number of carbonyl (C=O) groups is 2. The number of carbonyl (C=O) groups excluding carboxylic acids is 2. The van der Waals surface area contributed by atoms with E-state index in [1.54, 1.807) is 61.5 Å². The minimum atomic E-state index is -4.87. The highest BCUT2D eigenvalue weighted by Crippen LogP contribution is 2.42. The number of amides is 2. The first-order valence-electron chi connectivity index (χ1n) is 15.4. The van der Waals surface area contributed by atoms with Crippen molar-refractivity contribution in [1.29, 1.82) is 0 Å². The molecule has 6 aromatic carbocycles. The molecule has 0 aliphatic rings. The predicted molar refractivity (Wildman–Crippen MR) is 194 cm³/mol. The first kappa shape index (κ1) is 34.4.